The van der Waals surface area contributed by atoms with E-state index in [4.69, 9.17) is 0 Å². The smallest absolute Gasteiger partial charge is 0.00476 e. The summed E-state index contributed by atoms with van der Waals surface area (Å²) in [5.41, 5.74) is 0.660. The van der Waals surface area contributed by atoms with Gasteiger partial charge >= 0.3 is 0 Å². The zero-order valence-corrected chi connectivity index (χ0v) is 13.4. The van der Waals surface area contributed by atoms with Crippen molar-refractivity contribution in [3.63, 3.8) is 0 Å². The van der Waals surface area contributed by atoms with Gasteiger partial charge in [-0.3, -0.25) is 0 Å². The Morgan fingerprint density at radius 2 is 1.53 bits per heavy atom. The Balaban J connectivity index is 0. The fraction of sp³-hybridized carbons (Fsp3) is 1.00. The molecule has 2 heteroatoms. The predicted molar refractivity (Wildman–Crippen MR) is 80.7 cm³/mol. The van der Waals surface area contributed by atoms with Gasteiger partial charge in [-0.2, -0.15) is 0 Å². The molecular formula is C15H36N2. The molecule has 17 heavy (non-hydrogen) atoms. The van der Waals surface area contributed by atoms with Gasteiger partial charge in [0.2, 0.25) is 0 Å². The summed E-state index contributed by atoms with van der Waals surface area (Å²) in [4.78, 5) is 2.47. The standard InChI is InChI=1S/C9H18N2.3C2H6/c1-11-6-4-9(8-11)3-2-5-10-7-9;3*1-2/h10H,2-8H2,1H3;3*1-2H3. The van der Waals surface area contributed by atoms with E-state index in [0.29, 0.717) is 5.41 Å². The normalized spacial score (nSPS) is 27.0. The van der Waals surface area contributed by atoms with E-state index in [9.17, 15) is 0 Å². The molecule has 0 amide bonds. The van der Waals surface area contributed by atoms with Crippen LogP contribution in [0.5, 0.6) is 0 Å². The van der Waals surface area contributed by atoms with Crippen molar-refractivity contribution in [2.24, 2.45) is 5.41 Å². The molecule has 0 aliphatic carbocycles. The fourth-order valence-electron chi connectivity index (χ4n) is 2.54. The maximum atomic E-state index is 3.51. The van der Waals surface area contributed by atoms with Crippen molar-refractivity contribution in [1.82, 2.24) is 10.2 Å². The van der Waals surface area contributed by atoms with Crippen molar-refractivity contribution in [3.8, 4) is 0 Å². The molecular weight excluding hydrogens is 208 g/mol. The molecule has 2 aliphatic heterocycles. The highest BCUT2D eigenvalue weighted by Crippen LogP contribution is 2.35. The van der Waals surface area contributed by atoms with Crippen molar-refractivity contribution < 1.29 is 0 Å². The van der Waals surface area contributed by atoms with E-state index in [1.807, 2.05) is 41.5 Å². The van der Waals surface area contributed by atoms with Crippen molar-refractivity contribution in [3.05, 3.63) is 0 Å². The Morgan fingerprint density at radius 1 is 0.941 bits per heavy atom. The Kier molecular flexibility index (Phi) is 14.0. The molecule has 1 unspecified atom stereocenters. The van der Waals surface area contributed by atoms with E-state index >= 15 is 0 Å². The third kappa shape index (κ3) is 7.05. The lowest BCUT2D eigenvalue weighted by Crippen LogP contribution is -2.41. The molecule has 1 atom stereocenters. The minimum Gasteiger partial charge on any atom is -0.316 e. The minimum atomic E-state index is 0.660. The largest absolute Gasteiger partial charge is 0.316 e. The van der Waals surface area contributed by atoms with Gasteiger partial charge in [0.15, 0.2) is 0 Å². The van der Waals surface area contributed by atoms with Crippen LogP contribution in [0.1, 0.15) is 60.8 Å². The van der Waals surface area contributed by atoms with E-state index in [2.05, 4.69) is 17.3 Å². The molecule has 0 saturated carbocycles. The zero-order valence-electron chi connectivity index (χ0n) is 13.4. The molecule has 2 nitrogen and oxygen atoms in total. The second kappa shape index (κ2) is 12.4. The van der Waals surface area contributed by atoms with Gasteiger partial charge < -0.3 is 10.2 Å². The third-order valence-electron chi connectivity index (χ3n) is 3.19. The van der Waals surface area contributed by atoms with Crippen LogP contribution in [0, 0.1) is 5.41 Å². The molecule has 2 saturated heterocycles. The molecule has 0 radical (unpaired) electrons. The Morgan fingerprint density at radius 3 is 1.88 bits per heavy atom. The van der Waals surface area contributed by atoms with Gasteiger partial charge in [-0.15, -0.1) is 0 Å². The lowest BCUT2D eigenvalue weighted by molar-refractivity contribution is 0.213. The first-order chi connectivity index (χ1) is 8.31. The third-order valence-corrected chi connectivity index (χ3v) is 3.19. The van der Waals surface area contributed by atoms with Crippen LogP contribution in [0.2, 0.25) is 0 Å². The number of piperidine rings is 1. The van der Waals surface area contributed by atoms with Crippen molar-refractivity contribution in [1.29, 1.82) is 0 Å². The predicted octanol–water partition coefficient (Wildman–Crippen LogP) is 3.77. The quantitative estimate of drug-likeness (QED) is 0.698. The first-order valence-electron chi connectivity index (χ1n) is 7.70. The van der Waals surface area contributed by atoms with Crippen molar-refractivity contribution in [2.75, 3.05) is 33.2 Å². The summed E-state index contributed by atoms with van der Waals surface area (Å²) in [5.74, 6) is 0. The summed E-state index contributed by atoms with van der Waals surface area (Å²) in [6.07, 6.45) is 4.24. The molecule has 2 fully saturated rings. The van der Waals surface area contributed by atoms with E-state index in [1.54, 1.807) is 0 Å². The van der Waals surface area contributed by atoms with E-state index < -0.39 is 0 Å². The summed E-state index contributed by atoms with van der Waals surface area (Å²) < 4.78 is 0. The number of hydrogen-bond donors (Lipinski definition) is 1. The second-order valence-electron chi connectivity index (χ2n) is 4.27. The molecule has 2 heterocycles. The van der Waals surface area contributed by atoms with Crippen molar-refractivity contribution >= 4 is 0 Å². The van der Waals surface area contributed by atoms with Gasteiger partial charge in [-0.1, -0.05) is 41.5 Å². The summed E-state index contributed by atoms with van der Waals surface area (Å²) in [6.45, 7) is 17.1. The SMILES string of the molecule is CC.CC.CC.CN1CCC2(CCCNC2)C1. The molecule has 0 aromatic rings. The Bertz CT molecular complexity index is 134. The van der Waals surface area contributed by atoms with E-state index in [0.717, 1.165) is 0 Å². The van der Waals surface area contributed by atoms with Gasteiger partial charge in [0, 0.05) is 13.1 Å². The van der Waals surface area contributed by atoms with Crippen LogP contribution in [0.3, 0.4) is 0 Å². The molecule has 1 spiro atoms. The number of nitrogens with one attached hydrogen (secondary N) is 1. The Labute approximate surface area is 110 Å². The van der Waals surface area contributed by atoms with Crippen molar-refractivity contribution in [2.45, 2.75) is 60.8 Å². The van der Waals surface area contributed by atoms with E-state index in [1.165, 1.54) is 45.4 Å². The minimum absolute atomic E-state index is 0.660. The van der Waals surface area contributed by atoms with Gasteiger partial charge in [-0.05, 0) is 44.8 Å². The number of nitrogens with zero attached hydrogens (tertiary/aromatic N) is 1. The summed E-state index contributed by atoms with van der Waals surface area (Å²) in [5, 5.41) is 3.51. The monoisotopic (exact) mass is 244 g/mol. The molecule has 0 aromatic carbocycles. The van der Waals surface area contributed by atoms with Gasteiger partial charge in [-0.25, -0.2) is 0 Å². The summed E-state index contributed by atoms with van der Waals surface area (Å²) in [6, 6.07) is 0. The molecule has 2 aliphatic rings. The van der Waals surface area contributed by atoms with E-state index in [-0.39, 0.29) is 0 Å². The van der Waals surface area contributed by atoms with Gasteiger partial charge in [0.1, 0.15) is 0 Å². The molecule has 0 aromatic heterocycles. The fourth-order valence-corrected chi connectivity index (χ4v) is 2.54. The van der Waals surface area contributed by atoms with Crippen LogP contribution in [-0.4, -0.2) is 38.1 Å². The second-order valence-corrected chi connectivity index (χ2v) is 4.27. The lowest BCUT2D eigenvalue weighted by atomic mass is 9.80. The summed E-state index contributed by atoms with van der Waals surface area (Å²) >= 11 is 0. The number of hydrogen-bond acceptors (Lipinski definition) is 2. The van der Waals surface area contributed by atoms with Crippen LogP contribution in [0.4, 0.5) is 0 Å². The van der Waals surface area contributed by atoms with Gasteiger partial charge in [0.25, 0.3) is 0 Å². The highest BCUT2D eigenvalue weighted by atomic mass is 15.1. The summed E-state index contributed by atoms with van der Waals surface area (Å²) in [7, 11) is 2.24. The highest BCUT2D eigenvalue weighted by molar-refractivity contribution is 4.92. The maximum absolute atomic E-state index is 3.51. The zero-order chi connectivity index (χ0) is 13.7. The van der Waals surface area contributed by atoms with Crippen LogP contribution >= 0.6 is 0 Å². The molecule has 106 valence electrons. The first-order valence-corrected chi connectivity index (χ1v) is 7.70. The number of likely N-dealkylation sites (tertiary alicyclic amines) is 1. The van der Waals surface area contributed by atoms with Crippen LogP contribution in [0.15, 0.2) is 0 Å². The van der Waals surface area contributed by atoms with Gasteiger partial charge in [0.05, 0.1) is 0 Å². The molecule has 1 N–H and O–H groups in total. The molecule has 2 rings (SSSR count). The maximum Gasteiger partial charge on any atom is 0.00476 e. The highest BCUT2D eigenvalue weighted by Gasteiger charge is 2.37. The average molecular weight is 244 g/mol. The van der Waals surface area contributed by atoms with Crippen LogP contribution in [-0.2, 0) is 0 Å². The first kappa shape index (κ1) is 19.3. The topological polar surface area (TPSA) is 15.3 Å². The van der Waals surface area contributed by atoms with Crippen LogP contribution in [0.25, 0.3) is 0 Å². The average Bonchev–Trinajstić information content (AvgIpc) is 2.78. The molecule has 0 bridgehead atoms. The number of rotatable bonds is 0. The Hall–Kier alpha value is -0.0800. The van der Waals surface area contributed by atoms with Crippen LogP contribution < -0.4 is 5.32 Å². The lowest BCUT2D eigenvalue weighted by Gasteiger charge is -2.33.